The van der Waals surface area contributed by atoms with E-state index in [-0.39, 0.29) is 0 Å². The Morgan fingerprint density at radius 2 is 0.864 bits per heavy atom. The number of nitrogens with zero attached hydrogens (tertiary/aromatic N) is 2. The van der Waals surface area contributed by atoms with Crippen LogP contribution in [0.4, 0.5) is 0 Å². The molecule has 0 saturated carbocycles. The standard InChI is InChI=1S/C42H28N2/c1-3-13-29(14-4-1)30-25-27-32(28-26-30)43-37-21-9-7-17-34(37)35-20-12-24-40(42(35)43)44-38-22-10-8-18-36(38)41-33(19-11-23-39(41)44)31-15-5-2-6-16-31/h1-28H. The summed E-state index contributed by atoms with van der Waals surface area (Å²) in [7, 11) is 0. The summed E-state index contributed by atoms with van der Waals surface area (Å²) in [5.41, 5.74) is 12.0. The number of hydrogen-bond donors (Lipinski definition) is 0. The van der Waals surface area contributed by atoms with E-state index in [1.165, 1.54) is 71.6 Å². The second-order valence-electron chi connectivity index (χ2n) is 11.4. The zero-order chi connectivity index (χ0) is 29.0. The van der Waals surface area contributed by atoms with Crippen LogP contribution in [0.1, 0.15) is 0 Å². The maximum absolute atomic E-state index is 2.47. The molecule has 2 heteroatoms. The minimum Gasteiger partial charge on any atom is -0.307 e. The molecule has 206 valence electrons. The minimum atomic E-state index is 1.15. The quantitative estimate of drug-likeness (QED) is 0.203. The highest BCUT2D eigenvalue weighted by Crippen LogP contribution is 2.42. The van der Waals surface area contributed by atoms with Crippen molar-refractivity contribution in [3.8, 4) is 33.6 Å². The predicted octanol–water partition coefficient (Wildman–Crippen LogP) is 11.2. The van der Waals surface area contributed by atoms with E-state index in [1.807, 2.05) is 0 Å². The fourth-order valence-corrected chi connectivity index (χ4v) is 7.02. The molecule has 0 amide bonds. The van der Waals surface area contributed by atoms with Crippen LogP contribution in [0.3, 0.4) is 0 Å². The third-order valence-electron chi connectivity index (χ3n) is 8.93. The Bertz CT molecular complexity index is 2460. The zero-order valence-electron chi connectivity index (χ0n) is 24.1. The smallest absolute Gasteiger partial charge is 0.0782 e. The normalized spacial score (nSPS) is 11.6. The van der Waals surface area contributed by atoms with Gasteiger partial charge in [-0.15, -0.1) is 0 Å². The summed E-state index contributed by atoms with van der Waals surface area (Å²) < 4.78 is 4.91. The van der Waals surface area contributed by atoms with E-state index in [0.29, 0.717) is 0 Å². The Labute approximate surface area is 255 Å². The average Bonchev–Trinajstić information content (AvgIpc) is 3.62. The molecule has 0 unspecified atom stereocenters. The van der Waals surface area contributed by atoms with Gasteiger partial charge in [0.2, 0.25) is 0 Å². The van der Waals surface area contributed by atoms with Crippen molar-refractivity contribution in [2.75, 3.05) is 0 Å². The molecule has 44 heavy (non-hydrogen) atoms. The van der Waals surface area contributed by atoms with Crippen molar-refractivity contribution in [3.05, 3.63) is 170 Å². The van der Waals surface area contributed by atoms with Crippen LogP contribution in [0.25, 0.3) is 77.2 Å². The van der Waals surface area contributed by atoms with Crippen LogP contribution in [0.2, 0.25) is 0 Å². The Kier molecular flexibility index (Phi) is 5.54. The fourth-order valence-electron chi connectivity index (χ4n) is 7.02. The van der Waals surface area contributed by atoms with Gasteiger partial charge in [0.25, 0.3) is 0 Å². The van der Waals surface area contributed by atoms with Crippen molar-refractivity contribution in [2.45, 2.75) is 0 Å². The molecule has 9 aromatic rings. The average molecular weight is 561 g/mol. The third kappa shape index (κ3) is 3.68. The summed E-state index contributed by atoms with van der Waals surface area (Å²) in [4.78, 5) is 0. The van der Waals surface area contributed by atoms with Crippen LogP contribution in [0.5, 0.6) is 0 Å². The molecular weight excluding hydrogens is 532 g/mol. The summed E-state index contributed by atoms with van der Waals surface area (Å²) in [6.45, 7) is 0. The fraction of sp³-hybridized carbons (Fsp3) is 0. The van der Waals surface area contributed by atoms with Crippen LogP contribution in [0, 0.1) is 0 Å². The van der Waals surface area contributed by atoms with E-state index in [1.54, 1.807) is 0 Å². The topological polar surface area (TPSA) is 9.86 Å². The SMILES string of the molecule is c1ccc(-c2ccc(-n3c4ccccc4c4cccc(-n5c6ccccc6c6c(-c7ccccc7)cccc65)c43)cc2)cc1. The maximum Gasteiger partial charge on any atom is 0.0782 e. The highest BCUT2D eigenvalue weighted by molar-refractivity contribution is 6.18. The lowest BCUT2D eigenvalue weighted by Crippen LogP contribution is -2.00. The zero-order valence-corrected chi connectivity index (χ0v) is 24.1. The Hall–Kier alpha value is -5.86. The molecule has 0 aliphatic carbocycles. The molecular formula is C42H28N2. The van der Waals surface area contributed by atoms with Crippen LogP contribution < -0.4 is 0 Å². The van der Waals surface area contributed by atoms with Gasteiger partial charge < -0.3 is 9.13 Å². The summed E-state index contributed by atoms with van der Waals surface area (Å²) in [5, 5.41) is 5.03. The largest absolute Gasteiger partial charge is 0.307 e. The lowest BCUT2D eigenvalue weighted by molar-refractivity contribution is 1.13. The van der Waals surface area contributed by atoms with Crippen LogP contribution >= 0.6 is 0 Å². The molecule has 0 radical (unpaired) electrons. The van der Waals surface area contributed by atoms with Crippen LogP contribution in [-0.2, 0) is 0 Å². The van der Waals surface area contributed by atoms with Crippen molar-refractivity contribution in [2.24, 2.45) is 0 Å². The summed E-state index contributed by atoms with van der Waals surface area (Å²) >= 11 is 0. The number of benzene rings is 7. The van der Waals surface area contributed by atoms with Gasteiger partial charge in [-0.05, 0) is 58.7 Å². The molecule has 7 aromatic carbocycles. The molecule has 2 nitrogen and oxygen atoms in total. The molecule has 0 spiro atoms. The highest BCUT2D eigenvalue weighted by Gasteiger charge is 2.21. The highest BCUT2D eigenvalue weighted by atomic mass is 15.1. The van der Waals surface area contributed by atoms with Crippen molar-refractivity contribution in [1.29, 1.82) is 0 Å². The van der Waals surface area contributed by atoms with E-state index in [2.05, 4.69) is 179 Å². The van der Waals surface area contributed by atoms with Gasteiger partial charge in [-0.25, -0.2) is 0 Å². The monoisotopic (exact) mass is 560 g/mol. The van der Waals surface area contributed by atoms with Gasteiger partial charge in [0, 0.05) is 27.2 Å². The predicted molar refractivity (Wildman–Crippen MR) is 186 cm³/mol. The molecule has 0 aliphatic heterocycles. The molecule has 2 aromatic heterocycles. The Balaban J connectivity index is 1.37. The van der Waals surface area contributed by atoms with Crippen molar-refractivity contribution in [1.82, 2.24) is 9.13 Å². The van der Waals surface area contributed by atoms with Crippen molar-refractivity contribution in [3.63, 3.8) is 0 Å². The molecule has 9 rings (SSSR count). The van der Waals surface area contributed by atoms with E-state index < -0.39 is 0 Å². The summed E-state index contributed by atoms with van der Waals surface area (Å²) in [6.07, 6.45) is 0. The Morgan fingerprint density at radius 3 is 1.61 bits per heavy atom. The minimum absolute atomic E-state index is 1.15. The number of para-hydroxylation sites is 3. The lowest BCUT2D eigenvalue weighted by Gasteiger charge is -2.15. The van der Waals surface area contributed by atoms with Crippen molar-refractivity contribution < 1.29 is 0 Å². The second kappa shape index (κ2) is 9.86. The first-order chi connectivity index (χ1) is 21.9. The first kappa shape index (κ1) is 24.7. The van der Waals surface area contributed by atoms with Gasteiger partial charge in [0.1, 0.15) is 0 Å². The van der Waals surface area contributed by atoms with E-state index in [4.69, 9.17) is 0 Å². The number of rotatable bonds is 4. The lowest BCUT2D eigenvalue weighted by atomic mass is 9.99. The Morgan fingerprint density at radius 1 is 0.318 bits per heavy atom. The summed E-state index contributed by atoms with van der Waals surface area (Å²) in [6, 6.07) is 61.3. The van der Waals surface area contributed by atoms with Gasteiger partial charge in [0.15, 0.2) is 0 Å². The third-order valence-corrected chi connectivity index (χ3v) is 8.93. The van der Waals surface area contributed by atoms with E-state index >= 15 is 0 Å². The molecule has 0 atom stereocenters. The molecule has 2 heterocycles. The first-order valence-corrected chi connectivity index (χ1v) is 15.1. The van der Waals surface area contributed by atoms with Gasteiger partial charge in [-0.3, -0.25) is 0 Å². The number of hydrogen-bond acceptors (Lipinski definition) is 0. The summed E-state index contributed by atoms with van der Waals surface area (Å²) in [5.74, 6) is 0. The van der Waals surface area contributed by atoms with Gasteiger partial charge in [-0.1, -0.05) is 133 Å². The van der Waals surface area contributed by atoms with Crippen LogP contribution in [0.15, 0.2) is 170 Å². The van der Waals surface area contributed by atoms with Crippen LogP contribution in [-0.4, -0.2) is 9.13 Å². The number of fused-ring (bicyclic) bond motifs is 6. The number of aromatic nitrogens is 2. The van der Waals surface area contributed by atoms with Gasteiger partial charge >= 0.3 is 0 Å². The molecule has 0 aliphatic rings. The second-order valence-corrected chi connectivity index (χ2v) is 11.4. The van der Waals surface area contributed by atoms with Crippen molar-refractivity contribution >= 4 is 43.6 Å². The molecule has 0 bridgehead atoms. The van der Waals surface area contributed by atoms with Gasteiger partial charge in [0.05, 0.1) is 27.8 Å². The molecule has 0 N–H and O–H groups in total. The van der Waals surface area contributed by atoms with E-state index in [9.17, 15) is 0 Å². The first-order valence-electron chi connectivity index (χ1n) is 15.1. The maximum atomic E-state index is 2.47. The molecule has 0 fully saturated rings. The molecule has 0 saturated heterocycles. The van der Waals surface area contributed by atoms with E-state index in [0.717, 1.165) is 5.69 Å². The van der Waals surface area contributed by atoms with Gasteiger partial charge in [-0.2, -0.15) is 0 Å².